The third-order valence-electron chi connectivity index (χ3n) is 2.88. The number of esters is 1. The molecule has 0 aliphatic rings. The van der Waals surface area contributed by atoms with Crippen molar-refractivity contribution in [3.63, 3.8) is 0 Å². The molecule has 1 aromatic carbocycles. The SMILES string of the molecule is Cc1ccccc1S(=O)(=O)Nc1ccsc1C(=O)OC(C)(C)C. The maximum Gasteiger partial charge on any atom is 0.351 e. The number of hydrogen-bond donors (Lipinski definition) is 1. The summed E-state index contributed by atoms with van der Waals surface area (Å²) in [6, 6.07) is 8.23. The number of hydrogen-bond acceptors (Lipinski definition) is 5. The lowest BCUT2D eigenvalue weighted by Crippen LogP contribution is -2.24. The van der Waals surface area contributed by atoms with Gasteiger partial charge >= 0.3 is 5.97 Å². The molecule has 0 spiro atoms. The van der Waals surface area contributed by atoms with Gasteiger partial charge in [-0.05, 0) is 50.8 Å². The minimum Gasteiger partial charge on any atom is -0.456 e. The molecule has 0 unspecified atom stereocenters. The van der Waals surface area contributed by atoms with Gasteiger partial charge in [0.05, 0.1) is 10.6 Å². The summed E-state index contributed by atoms with van der Waals surface area (Å²) in [7, 11) is -3.76. The first-order valence-electron chi connectivity index (χ1n) is 6.99. The first kappa shape index (κ1) is 17.5. The molecule has 0 radical (unpaired) electrons. The first-order valence-corrected chi connectivity index (χ1v) is 9.36. The highest BCUT2D eigenvalue weighted by molar-refractivity contribution is 7.92. The van der Waals surface area contributed by atoms with Crippen LogP contribution in [0, 0.1) is 6.92 Å². The third kappa shape index (κ3) is 4.33. The quantitative estimate of drug-likeness (QED) is 0.848. The van der Waals surface area contributed by atoms with Crippen LogP contribution in [0.3, 0.4) is 0 Å². The summed E-state index contributed by atoms with van der Waals surface area (Å²) in [5.74, 6) is -0.546. The zero-order valence-electron chi connectivity index (χ0n) is 13.4. The molecule has 2 rings (SSSR count). The van der Waals surface area contributed by atoms with Crippen LogP contribution >= 0.6 is 11.3 Å². The largest absolute Gasteiger partial charge is 0.456 e. The number of anilines is 1. The van der Waals surface area contributed by atoms with Crippen molar-refractivity contribution >= 4 is 33.0 Å². The molecule has 0 amide bonds. The molecule has 1 heterocycles. The Hall–Kier alpha value is -1.86. The molecule has 0 aliphatic carbocycles. The van der Waals surface area contributed by atoms with Gasteiger partial charge in [0.2, 0.25) is 0 Å². The Labute approximate surface area is 140 Å². The van der Waals surface area contributed by atoms with E-state index in [1.54, 1.807) is 57.3 Å². The molecule has 0 atom stereocenters. The van der Waals surface area contributed by atoms with Crippen molar-refractivity contribution in [3.05, 3.63) is 46.2 Å². The summed E-state index contributed by atoms with van der Waals surface area (Å²) < 4.78 is 32.8. The van der Waals surface area contributed by atoms with Crippen molar-refractivity contribution < 1.29 is 17.9 Å². The maximum atomic E-state index is 12.5. The van der Waals surface area contributed by atoms with Gasteiger partial charge in [-0.1, -0.05) is 18.2 Å². The van der Waals surface area contributed by atoms with E-state index in [0.717, 1.165) is 11.3 Å². The van der Waals surface area contributed by atoms with Gasteiger partial charge < -0.3 is 4.74 Å². The number of benzene rings is 1. The van der Waals surface area contributed by atoms with Gasteiger partial charge in [0.15, 0.2) is 0 Å². The van der Waals surface area contributed by atoms with Crippen LogP contribution in [0.15, 0.2) is 40.6 Å². The molecule has 124 valence electrons. The molecule has 23 heavy (non-hydrogen) atoms. The number of rotatable bonds is 4. The topological polar surface area (TPSA) is 72.5 Å². The van der Waals surface area contributed by atoms with Crippen molar-refractivity contribution in [2.24, 2.45) is 0 Å². The molecule has 1 N–H and O–H groups in total. The highest BCUT2D eigenvalue weighted by Gasteiger charge is 2.24. The number of thiophene rings is 1. The fraction of sp³-hybridized carbons (Fsp3) is 0.312. The lowest BCUT2D eigenvalue weighted by molar-refractivity contribution is 0.00764. The summed E-state index contributed by atoms with van der Waals surface area (Å²) in [5.41, 5.74) is 0.217. The fourth-order valence-electron chi connectivity index (χ4n) is 1.93. The van der Waals surface area contributed by atoms with E-state index in [1.165, 1.54) is 6.07 Å². The third-order valence-corrected chi connectivity index (χ3v) is 5.30. The Balaban J connectivity index is 2.30. The van der Waals surface area contributed by atoms with E-state index in [2.05, 4.69) is 4.72 Å². The standard InChI is InChI=1S/C16H19NO4S2/c1-11-7-5-6-8-13(11)23(19,20)17-12-9-10-22-14(12)15(18)21-16(2,3)4/h5-10,17H,1-4H3. The predicted molar refractivity (Wildman–Crippen MR) is 91.5 cm³/mol. The van der Waals surface area contributed by atoms with Crippen LogP contribution in [0.25, 0.3) is 0 Å². The summed E-state index contributed by atoms with van der Waals surface area (Å²) in [4.78, 5) is 12.6. The second kappa shape index (κ2) is 6.33. The van der Waals surface area contributed by atoms with E-state index >= 15 is 0 Å². The minimum atomic E-state index is -3.76. The summed E-state index contributed by atoms with van der Waals surface area (Å²) >= 11 is 1.14. The van der Waals surface area contributed by atoms with Crippen LogP contribution in [-0.4, -0.2) is 20.0 Å². The van der Waals surface area contributed by atoms with E-state index in [0.29, 0.717) is 5.56 Å². The van der Waals surface area contributed by atoms with Crippen LogP contribution in [0.5, 0.6) is 0 Å². The van der Waals surface area contributed by atoms with E-state index < -0.39 is 21.6 Å². The maximum absolute atomic E-state index is 12.5. The van der Waals surface area contributed by atoms with Crippen LogP contribution < -0.4 is 4.72 Å². The van der Waals surface area contributed by atoms with Crippen molar-refractivity contribution in [3.8, 4) is 0 Å². The second-order valence-electron chi connectivity index (χ2n) is 6.04. The molecular formula is C16H19NO4S2. The summed E-state index contributed by atoms with van der Waals surface area (Å²) in [5, 5.41) is 1.65. The molecule has 0 bridgehead atoms. The Morgan fingerprint density at radius 1 is 1.17 bits per heavy atom. The highest BCUT2D eigenvalue weighted by atomic mass is 32.2. The second-order valence-corrected chi connectivity index (χ2v) is 8.60. The highest BCUT2D eigenvalue weighted by Crippen LogP contribution is 2.28. The molecule has 7 heteroatoms. The average Bonchev–Trinajstić information content (AvgIpc) is 2.84. The number of carbonyl (C=O) groups is 1. The Morgan fingerprint density at radius 3 is 2.43 bits per heavy atom. The van der Waals surface area contributed by atoms with Gasteiger partial charge in [0, 0.05) is 0 Å². The Kier molecular flexibility index (Phi) is 4.81. The zero-order valence-corrected chi connectivity index (χ0v) is 15.0. The summed E-state index contributed by atoms with van der Waals surface area (Å²) in [6.07, 6.45) is 0. The number of sulfonamides is 1. The summed E-state index contributed by atoms with van der Waals surface area (Å²) in [6.45, 7) is 7.00. The monoisotopic (exact) mass is 353 g/mol. The first-order chi connectivity index (χ1) is 10.6. The smallest absolute Gasteiger partial charge is 0.351 e. The van der Waals surface area contributed by atoms with Gasteiger partial charge in [-0.2, -0.15) is 0 Å². The van der Waals surface area contributed by atoms with E-state index in [-0.39, 0.29) is 15.5 Å². The van der Waals surface area contributed by atoms with Crippen LogP contribution in [-0.2, 0) is 14.8 Å². The van der Waals surface area contributed by atoms with E-state index in [4.69, 9.17) is 4.74 Å². The van der Waals surface area contributed by atoms with Gasteiger partial charge in [0.25, 0.3) is 10.0 Å². The lowest BCUT2D eigenvalue weighted by atomic mass is 10.2. The minimum absolute atomic E-state index is 0.182. The van der Waals surface area contributed by atoms with Crippen molar-refractivity contribution in [1.82, 2.24) is 0 Å². The van der Waals surface area contributed by atoms with Crippen molar-refractivity contribution in [2.45, 2.75) is 38.2 Å². The normalized spacial score (nSPS) is 12.0. The van der Waals surface area contributed by atoms with Gasteiger partial charge in [-0.15, -0.1) is 11.3 Å². The predicted octanol–water partition coefficient (Wildman–Crippen LogP) is 3.81. The molecule has 1 aromatic heterocycles. The van der Waals surface area contributed by atoms with Crippen LogP contribution in [0.2, 0.25) is 0 Å². The molecule has 0 saturated heterocycles. The molecule has 0 fully saturated rings. The number of nitrogens with one attached hydrogen (secondary N) is 1. The molecule has 2 aromatic rings. The molecule has 5 nitrogen and oxygen atoms in total. The van der Waals surface area contributed by atoms with Crippen molar-refractivity contribution in [2.75, 3.05) is 4.72 Å². The van der Waals surface area contributed by atoms with Crippen LogP contribution in [0.1, 0.15) is 36.0 Å². The molecular weight excluding hydrogens is 334 g/mol. The zero-order chi connectivity index (χ0) is 17.3. The molecule has 0 aliphatic heterocycles. The Morgan fingerprint density at radius 2 is 1.83 bits per heavy atom. The van der Waals surface area contributed by atoms with Crippen molar-refractivity contribution in [1.29, 1.82) is 0 Å². The van der Waals surface area contributed by atoms with Crippen LogP contribution in [0.4, 0.5) is 5.69 Å². The van der Waals surface area contributed by atoms with E-state index in [9.17, 15) is 13.2 Å². The number of carbonyl (C=O) groups excluding carboxylic acids is 1. The van der Waals surface area contributed by atoms with Gasteiger partial charge in [0.1, 0.15) is 10.5 Å². The molecule has 0 saturated carbocycles. The van der Waals surface area contributed by atoms with Gasteiger partial charge in [-0.25, -0.2) is 13.2 Å². The number of ether oxygens (including phenoxy) is 1. The lowest BCUT2D eigenvalue weighted by Gasteiger charge is -2.19. The fourth-order valence-corrected chi connectivity index (χ4v) is 4.04. The number of aryl methyl sites for hydroxylation is 1. The Bertz CT molecular complexity index is 817. The van der Waals surface area contributed by atoms with E-state index in [1.807, 2.05) is 0 Å². The average molecular weight is 353 g/mol. The van der Waals surface area contributed by atoms with Gasteiger partial charge in [-0.3, -0.25) is 4.72 Å².